The number of hydrazine groups is 1. The predicted molar refractivity (Wildman–Crippen MR) is 59.8 cm³/mol. The van der Waals surface area contributed by atoms with Crippen LogP contribution in [0.4, 0.5) is 5.69 Å². The first-order chi connectivity index (χ1) is 7.96. The Bertz CT molecular complexity index is 430. The Morgan fingerprint density at radius 1 is 1.35 bits per heavy atom. The maximum Gasteiger partial charge on any atom is 0.305 e. The minimum absolute atomic E-state index is 0.521. The Hall–Kier alpha value is -1.47. The fourth-order valence-electron chi connectivity index (χ4n) is 1.65. The minimum Gasteiger partial charge on any atom is -0.359 e. The van der Waals surface area contributed by atoms with Crippen LogP contribution in [-0.2, 0) is 9.53 Å². The van der Waals surface area contributed by atoms with E-state index in [-0.39, 0.29) is 0 Å². The molecule has 1 unspecified atom stereocenters. The third-order valence-electron chi connectivity index (χ3n) is 2.66. The van der Waals surface area contributed by atoms with Crippen LogP contribution in [0.1, 0.15) is 5.56 Å². The lowest BCUT2D eigenvalue weighted by Gasteiger charge is -2.17. The molecule has 0 spiro atoms. The SMILES string of the molecule is COC1NN(c2ccc(C)cc2)C(=O)C1(O)O. The van der Waals surface area contributed by atoms with Crippen molar-refractivity contribution in [1.29, 1.82) is 0 Å². The molecule has 1 amide bonds. The molecule has 0 radical (unpaired) electrons. The second-order valence-corrected chi connectivity index (χ2v) is 3.95. The number of nitrogens with zero attached hydrogens (tertiary/aromatic N) is 1. The van der Waals surface area contributed by atoms with Gasteiger partial charge in [-0.3, -0.25) is 4.79 Å². The van der Waals surface area contributed by atoms with Crippen molar-refractivity contribution in [2.24, 2.45) is 0 Å². The van der Waals surface area contributed by atoms with Gasteiger partial charge in [0, 0.05) is 7.11 Å². The molecule has 1 aromatic rings. The van der Waals surface area contributed by atoms with Crippen LogP contribution in [0.5, 0.6) is 0 Å². The number of nitrogens with one attached hydrogen (secondary N) is 1. The van der Waals surface area contributed by atoms with Crippen molar-refractivity contribution in [1.82, 2.24) is 5.43 Å². The molecule has 1 aliphatic heterocycles. The Labute approximate surface area is 98.4 Å². The summed E-state index contributed by atoms with van der Waals surface area (Å²) in [5.74, 6) is -3.42. The highest BCUT2D eigenvalue weighted by Crippen LogP contribution is 2.24. The van der Waals surface area contributed by atoms with Gasteiger partial charge < -0.3 is 14.9 Å². The molecule has 0 aromatic heterocycles. The number of hydrogen-bond acceptors (Lipinski definition) is 5. The highest BCUT2D eigenvalue weighted by molar-refractivity contribution is 6.00. The summed E-state index contributed by atoms with van der Waals surface area (Å²) >= 11 is 0. The predicted octanol–water partition coefficient (Wildman–Crippen LogP) is -0.500. The Balaban J connectivity index is 2.30. The zero-order chi connectivity index (χ0) is 12.6. The molecule has 1 saturated heterocycles. The van der Waals surface area contributed by atoms with E-state index in [1.807, 2.05) is 19.1 Å². The van der Waals surface area contributed by atoms with E-state index in [1.165, 1.54) is 7.11 Å². The summed E-state index contributed by atoms with van der Waals surface area (Å²) in [6.07, 6.45) is -1.18. The van der Waals surface area contributed by atoms with Crippen molar-refractivity contribution in [3.63, 3.8) is 0 Å². The molecular formula is C11H14N2O4. The van der Waals surface area contributed by atoms with Crippen molar-refractivity contribution in [3.8, 4) is 0 Å². The van der Waals surface area contributed by atoms with E-state index in [0.29, 0.717) is 5.69 Å². The largest absolute Gasteiger partial charge is 0.359 e. The van der Waals surface area contributed by atoms with Crippen molar-refractivity contribution < 1.29 is 19.7 Å². The number of aryl methyl sites for hydroxylation is 1. The summed E-state index contributed by atoms with van der Waals surface area (Å²) in [7, 11) is 1.28. The van der Waals surface area contributed by atoms with Crippen molar-refractivity contribution in [3.05, 3.63) is 29.8 Å². The Kier molecular flexibility index (Phi) is 2.88. The van der Waals surface area contributed by atoms with Gasteiger partial charge in [0.15, 0.2) is 6.23 Å². The summed E-state index contributed by atoms with van der Waals surface area (Å²) in [6, 6.07) is 7.05. The molecule has 3 N–H and O–H groups in total. The van der Waals surface area contributed by atoms with Gasteiger partial charge in [-0.25, -0.2) is 5.01 Å². The maximum absolute atomic E-state index is 11.8. The van der Waals surface area contributed by atoms with Crippen molar-refractivity contribution in [2.45, 2.75) is 18.9 Å². The normalized spacial score (nSPS) is 23.2. The van der Waals surface area contributed by atoms with Crippen molar-refractivity contribution >= 4 is 11.6 Å². The van der Waals surface area contributed by atoms with Crippen LogP contribution < -0.4 is 10.4 Å². The monoisotopic (exact) mass is 238 g/mol. The topological polar surface area (TPSA) is 82.0 Å². The number of hydrogen-bond donors (Lipinski definition) is 3. The smallest absolute Gasteiger partial charge is 0.305 e. The van der Waals surface area contributed by atoms with Gasteiger partial charge in [0.1, 0.15) is 0 Å². The zero-order valence-electron chi connectivity index (χ0n) is 9.54. The Morgan fingerprint density at radius 3 is 2.41 bits per heavy atom. The molecule has 0 saturated carbocycles. The van der Waals surface area contributed by atoms with E-state index in [2.05, 4.69) is 5.43 Å². The molecule has 92 valence electrons. The average molecular weight is 238 g/mol. The van der Waals surface area contributed by atoms with E-state index in [1.54, 1.807) is 12.1 Å². The first kappa shape index (κ1) is 12.0. The van der Waals surface area contributed by atoms with Gasteiger partial charge in [0.05, 0.1) is 5.69 Å². The highest BCUT2D eigenvalue weighted by atomic mass is 16.6. The number of amides is 1. The van der Waals surface area contributed by atoms with Crippen LogP contribution in [-0.4, -0.2) is 35.2 Å². The number of benzene rings is 1. The second kappa shape index (κ2) is 4.08. The molecule has 1 atom stereocenters. The summed E-state index contributed by atoms with van der Waals surface area (Å²) in [5, 5.41) is 20.2. The molecule has 6 nitrogen and oxygen atoms in total. The molecule has 0 aliphatic carbocycles. The second-order valence-electron chi connectivity index (χ2n) is 3.95. The van der Waals surface area contributed by atoms with Crippen LogP contribution >= 0.6 is 0 Å². The van der Waals surface area contributed by atoms with Gasteiger partial charge >= 0.3 is 5.91 Å². The van der Waals surface area contributed by atoms with Crippen molar-refractivity contribution in [2.75, 3.05) is 12.1 Å². The lowest BCUT2D eigenvalue weighted by Crippen LogP contribution is -2.47. The summed E-state index contributed by atoms with van der Waals surface area (Å²) < 4.78 is 4.80. The summed E-state index contributed by atoms with van der Waals surface area (Å²) in [5.41, 5.74) is 4.14. The van der Waals surface area contributed by atoms with Crippen LogP contribution in [0.3, 0.4) is 0 Å². The number of anilines is 1. The number of rotatable bonds is 2. The summed E-state index contributed by atoms with van der Waals surface area (Å²) in [6.45, 7) is 1.92. The average Bonchev–Trinajstić information content (AvgIpc) is 2.52. The van der Waals surface area contributed by atoms with Gasteiger partial charge in [0.2, 0.25) is 0 Å². The molecule has 6 heteroatoms. The number of carbonyl (C=O) groups excluding carboxylic acids is 1. The number of ether oxygens (including phenoxy) is 1. The fourth-order valence-corrected chi connectivity index (χ4v) is 1.65. The van der Waals surface area contributed by atoms with E-state index in [0.717, 1.165) is 10.6 Å². The quantitative estimate of drug-likeness (QED) is 0.605. The molecule has 2 rings (SSSR count). The molecule has 1 fully saturated rings. The van der Waals surface area contributed by atoms with Gasteiger partial charge in [-0.1, -0.05) is 17.7 Å². The first-order valence-corrected chi connectivity index (χ1v) is 5.11. The van der Waals surface area contributed by atoms with Crippen LogP contribution in [0.2, 0.25) is 0 Å². The van der Waals surface area contributed by atoms with Gasteiger partial charge in [0.25, 0.3) is 5.79 Å². The van der Waals surface area contributed by atoms with Crippen LogP contribution in [0.25, 0.3) is 0 Å². The van der Waals surface area contributed by atoms with Gasteiger partial charge in [-0.05, 0) is 19.1 Å². The highest BCUT2D eigenvalue weighted by Gasteiger charge is 2.53. The maximum atomic E-state index is 11.8. The van der Waals surface area contributed by atoms with Gasteiger partial charge in [-0.2, -0.15) is 5.43 Å². The molecule has 17 heavy (non-hydrogen) atoms. The molecule has 1 aliphatic rings. The zero-order valence-corrected chi connectivity index (χ0v) is 9.54. The molecule has 1 aromatic carbocycles. The number of methoxy groups -OCH3 is 1. The number of aliphatic hydroxyl groups is 2. The van der Waals surface area contributed by atoms with E-state index in [4.69, 9.17) is 4.74 Å². The lowest BCUT2D eigenvalue weighted by molar-refractivity contribution is -0.214. The minimum atomic E-state index is -2.56. The lowest BCUT2D eigenvalue weighted by atomic mass is 10.2. The molecule has 0 bridgehead atoms. The Morgan fingerprint density at radius 2 is 1.94 bits per heavy atom. The number of carbonyl (C=O) groups is 1. The van der Waals surface area contributed by atoms with Crippen LogP contribution in [0, 0.1) is 6.92 Å². The van der Waals surface area contributed by atoms with E-state index >= 15 is 0 Å². The van der Waals surface area contributed by atoms with Crippen LogP contribution in [0.15, 0.2) is 24.3 Å². The molecular weight excluding hydrogens is 224 g/mol. The summed E-state index contributed by atoms with van der Waals surface area (Å²) in [4.78, 5) is 11.8. The third kappa shape index (κ3) is 1.91. The van der Waals surface area contributed by atoms with Gasteiger partial charge in [-0.15, -0.1) is 0 Å². The third-order valence-corrected chi connectivity index (χ3v) is 2.66. The van der Waals surface area contributed by atoms with E-state index < -0.39 is 17.9 Å². The first-order valence-electron chi connectivity index (χ1n) is 5.11. The standard InChI is InChI=1S/C11H14N2O4/c1-7-3-5-8(6-4-7)13-10(14)11(15,16)9(12-13)17-2/h3-6,9,12,15-16H,1-2H3. The molecule has 1 heterocycles. The van der Waals surface area contributed by atoms with E-state index in [9.17, 15) is 15.0 Å². The fraction of sp³-hybridized carbons (Fsp3) is 0.364.